The van der Waals surface area contributed by atoms with Crippen molar-refractivity contribution in [3.8, 4) is 11.3 Å². The summed E-state index contributed by atoms with van der Waals surface area (Å²) in [5.74, 6) is 1.91. The Hall–Kier alpha value is -1.54. The Kier molecular flexibility index (Phi) is 2.88. The predicted molar refractivity (Wildman–Crippen MR) is 61.6 cm³/mol. The Balaban J connectivity index is 2.33. The zero-order valence-corrected chi connectivity index (χ0v) is 9.08. The fraction of sp³-hybridized carbons (Fsp3) is 0.231. The highest BCUT2D eigenvalue weighted by Crippen LogP contribution is 2.24. The summed E-state index contributed by atoms with van der Waals surface area (Å²) in [6.07, 6.45) is 0. The van der Waals surface area contributed by atoms with Crippen LogP contribution in [-0.2, 0) is 6.54 Å². The van der Waals surface area contributed by atoms with Crippen molar-refractivity contribution in [1.82, 2.24) is 5.32 Å². The molecule has 0 aliphatic heterocycles. The van der Waals surface area contributed by atoms with E-state index in [1.54, 1.807) is 0 Å². The van der Waals surface area contributed by atoms with Gasteiger partial charge in [0, 0.05) is 5.56 Å². The lowest BCUT2D eigenvalue weighted by atomic mass is 10.1. The molecule has 1 aromatic carbocycles. The quantitative estimate of drug-likeness (QED) is 0.825. The molecule has 0 unspecified atom stereocenters. The average molecular weight is 201 g/mol. The van der Waals surface area contributed by atoms with Gasteiger partial charge < -0.3 is 9.73 Å². The van der Waals surface area contributed by atoms with Crippen molar-refractivity contribution in [2.75, 3.05) is 7.05 Å². The average Bonchev–Trinajstić information content (AvgIpc) is 2.68. The Morgan fingerprint density at radius 2 is 1.93 bits per heavy atom. The molecule has 0 atom stereocenters. The van der Waals surface area contributed by atoms with E-state index in [1.165, 1.54) is 11.1 Å². The molecule has 0 saturated heterocycles. The Morgan fingerprint density at radius 1 is 1.13 bits per heavy atom. The molecular weight excluding hydrogens is 186 g/mol. The van der Waals surface area contributed by atoms with E-state index >= 15 is 0 Å². The van der Waals surface area contributed by atoms with Crippen LogP contribution in [-0.4, -0.2) is 7.05 Å². The van der Waals surface area contributed by atoms with Gasteiger partial charge in [-0.15, -0.1) is 0 Å². The maximum Gasteiger partial charge on any atom is 0.134 e. The van der Waals surface area contributed by atoms with Gasteiger partial charge in [0.05, 0.1) is 6.54 Å². The molecule has 1 N–H and O–H groups in total. The summed E-state index contributed by atoms with van der Waals surface area (Å²) >= 11 is 0. The summed E-state index contributed by atoms with van der Waals surface area (Å²) in [4.78, 5) is 0. The molecule has 2 rings (SSSR count). The van der Waals surface area contributed by atoms with E-state index in [0.717, 1.165) is 18.1 Å². The number of hydrogen-bond acceptors (Lipinski definition) is 2. The lowest BCUT2D eigenvalue weighted by Crippen LogP contribution is -2.03. The first-order chi connectivity index (χ1) is 7.31. The highest BCUT2D eigenvalue weighted by Gasteiger charge is 2.05. The zero-order chi connectivity index (χ0) is 10.7. The van der Waals surface area contributed by atoms with E-state index in [9.17, 15) is 0 Å². The third-order valence-electron chi connectivity index (χ3n) is 2.42. The van der Waals surface area contributed by atoms with E-state index in [-0.39, 0.29) is 0 Å². The van der Waals surface area contributed by atoms with Gasteiger partial charge in [-0.05, 0) is 31.7 Å². The monoisotopic (exact) mass is 201 g/mol. The van der Waals surface area contributed by atoms with Gasteiger partial charge in [-0.25, -0.2) is 0 Å². The van der Waals surface area contributed by atoms with E-state index in [0.29, 0.717) is 0 Å². The molecule has 15 heavy (non-hydrogen) atoms. The van der Waals surface area contributed by atoms with Crippen LogP contribution in [0.2, 0.25) is 0 Å². The van der Waals surface area contributed by atoms with Gasteiger partial charge in [0.1, 0.15) is 11.5 Å². The van der Waals surface area contributed by atoms with Crippen LogP contribution in [0.25, 0.3) is 11.3 Å². The van der Waals surface area contributed by atoms with E-state index in [2.05, 4.69) is 24.4 Å². The molecule has 0 amide bonds. The number of nitrogens with one attached hydrogen (secondary N) is 1. The second kappa shape index (κ2) is 4.32. The first kappa shape index (κ1) is 9.99. The molecule has 0 bridgehead atoms. The molecule has 2 heteroatoms. The summed E-state index contributed by atoms with van der Waals surface area (Å²) in [6.45, 7) is 2.86. The van der Waals surface area contributed by atoms with Crippen molar-refractivity contribution in [2.45, 2.75) is 13.5 Å². The zero-order valence-electron chi connectivity index (χ0n) is 9.08. The minimum Gasteiger partial charge on any atom is -0.460 e. The number of benzene rings is 1. The SMILES string of the molecule is CNCc1ccc(-c2ccccc2C)o1. The summed E-state index contributed by atoms with van der Waals surface area (Å²) in [7, 11) is 1.91. The Morgan fingerprint density at radius 3 is 2.67 bits per heavy atom. The molecule has 1 aromatic heterocycles. The highest BCUT2D eigenvalue weighted by molar-refractivity contribution is 5.61. The van der Waals surface area contributed by atoms with Gasteiger partial charge in [-0.3, -0.25) is 0 Å². The van der Waals surface area contributed by atoms with Crippen molar-refractivity contribution >= 4 is 0 Å². The van der Waals surface area contributed by atoms with Crippen molar-refractivity contribution < 1.29 is 4.42 Å². The molecule has 0 saturated carbocycles. The molecule has 2 nitrogen and oxygen atoms in total. The molecule has 0 aliphatic rings. The smallest absolute Gasteiger partial charge is 0.134 e. The standard InChI is InChI=1S/C13H15NO/c1-10-5-3-4-6-12(10)13-8-7-11(15-13)9-14-2/h3-8,14H,9H2,1-2H3. The number of hydrogen-bond donors (Lipinski definition) is 1. The van der Waals surface area contributed by atoms with Gasteiger partial charge in [0.2, 0.25) is 0 Å². The second-order valence-electron chi connectivity index (χ2n) is 3.61. The van der Waals surface area contributed by atoms with Crippen LogP contribution in [0.3, 0.4) is 0 Å². The van der Waals surface area contributed by atoms with Crippen molar-refractivity contribution in [3.05, 3.63) is 47.7 Å². The molecule has 1 heterocycles. The van der Waals surface area contributed by atoms with Crippen LogP contribution in [0, 0.1) is 6.92 Å². The van der Waals surface area contributed by atoms with Gasteiger partial charge in [0.15, 0.2) is 0 Å². The van der Waals surface area contributed by atoms with Crippen LogP contribution in [0.1, 0.15) is 11.3 Å². The lowest BCUT2D eigenvalue weighted by Gasteiger charge is -2.01. The molecule has 0 aliphatic carbocycles. The number of aryl methyl sites for hydroxylation is 1. The van der Waals surface area contributed by atoms with Crippen LogP contribution in [0.5, 0.6) is 0 Å². The number of rotatable bonds is 3. The van der Waals surface area contributed by atoms with Gasteiger partial charge in [-0.2, -0.15) is 0 Å². The van der Waals surface area contributed by atoms with E-state index in [4.69, 9.17) is 4.42 Å². The van der Waals surface area contributed by atoms with Gasteiger partial charge >= 0.3 is 0 Å². The van der Waals surface area contributed by atoms with Crippen molar-refractivity contribution in [2.24, 2.45) is 0 Å². The van der Waals surface area contributed by atoms with Crippen LogP contribution < -0.4 is 5.32 Å². The van der Waals surface area contributed by atoms with Crippen LogP contribution in [0.4, 0.5) is 0 Å². The Labute approximate surface area is 89.9 Å². The van der Waals surface area contributed by atoms with E-state index < -0.39 is 0 Å². The maximum atomic E-state index is 5.73. The van der Waals surface area contributed by atoms with Gasteiger partial charge in [-0.1, -0.05) is 24.3 Å². The third kappa shape index (κ3) is 2.10. The third-order valence-corrected chi connectivity index (χ3v) is 2.42. The van der Waals surface area contributed by atoms with E-state index in [1.807, 2.05) is 31.3 Å². The van der Waals surface area contributed by atoms with Crippen LogP contribution >= 0.6 is 0 Å². The topological polar surface area (TPSA) is 25.2 Å². The first-order valence-corrected chi connectivity index (χ1v) is 5.10. The molecule has 78 valence electrons. The predicted octanol–water partition coefficient (Wildman–Crippen LogP) is 2.97. The first-order valence-electron chi connectivity index (χ1n) is 5.10. The highest BCUT2D eigenvalue weighted by atomic mass is 16.3. The minimum atomic E-state index is 0.770. The second-order valence-corrected chi connectivity index (χ2v) is 3.61. The molecule has 0 radical (unpaired) electrons. The molecule has 0 fully saturated rings. The number of furan rings is 1. The fourth-order valence-electron chi connectivity index (χ4n) is 1.64. The largest absolute Gasteiger partial charge is 0.460 e. The van der Waals surface area contributed by atoms with Gasteiger partial charge in [0.25, 0.3) is 0 Å². The van der Waals surface area contributed by atoms with Crippen molar-refractivity contribution in [3.63, 3.8) is 0 Å². The molecule has 0 spiro atoms. The maximum absolute atomic E-state index is 5.73. The summed E-state index contributed by atoms with van der Waals surface area (Å²) in [5, 5.41) is 3.07. The normalized spacial score (nSPS) is 10.5. The van der Waals surface area contributed by atoms with Crippen molar-refractivity contribution in [1.29, 1.82) is 0 Å². The summed E-state index contributed by atoms with van der Waals surface area (Å²) in [5.41, 5.74) is 2.41. The van der Waals surface area contributed by atoms with Crippen LogP contribution in [0.15, 0.2) is 40.8 Å². The molecule has 2 aromatic rings. The Bertz CT molecular complexity index is 445. The minimum absolute atomic E-state index is 0.770. The lowest BCUT2D eigenvalue weighted by molar-refractivity contribution is 0.507. The summed E-state index contributed by atoms with van der Waals surface area (Å²) in [6, 6.07) is 12.3. The molecular formula is C13H15NO. The summed E-state index contributed by atoms with van der Waals surface area (Å²) < 4.78 is 5.73. The fourth-order valence-corrected chi connectivity index (χ4v) is 1.64.